The third kappa shape index (κ3) is 3.03. The van der Waals surface area contributed by atoms with Crippen LogP contribution in [0.25, 0.3) is 0 Å². The molecular formula is C12H6Br2F4S. The molecule has 0 aliphatic rings. The van der Waals surface area contributed by atoms with Gasteiger partial charge >= 0.3 is 6.18 Å². The summed E-state index contributed by atoms with van der Waals surface area (Å²) in [6.45, 7) is 0. The van der Waals surface area contributed by atoms with Gasteiger partial charge in [0.2, 0.25) is 0 Å². The SMILES string of the molecule is Fc1c(C(Br)c2sccc2Br)cccc1C(F)(F)F. The van der Waals surface area contributed by atoms with Gasteiger partial charge in [-0.1, -0.05) is 28.1 Å². The van der Waals surface area contributed by atoms with Crippen molar-refractivity contribution in [3.63, 3.8) is 0 Å². The Morgan fingerprint density at radius 3 is 2.37 bits per heavy atom. The van der Waals surface area contributed by atoms with E-state index in [0.717, 1.165) is 15.4 Å². The van der Waals surface area contributed by atoms with Crippen molar-refractivity contribution in [3.8, 4) is 0 Å². The van der Waals surface area contributed by atoms with Crippen LogP contribution in [-0.4, -0.2) is 0 Å². The summed E-state index contributed by atoms with van der Waals surface area (Å²) in [5.41, 5.74) is -1.28. The molecular weight excluding hydrogens is 412 g/mol. The molecule has 1 unspecified atom stereocenters. The predicted molar refractivity (Wildman–Crippen MR) is 74.2 cm³/mol. The summed E-state index contributed by atoms with van der Waals surface area (Å²) in [7, 11) is 0. The second kappa shape index (κ2) is 5.54. The van der Waals surface area contributed by atoms with Crippen LogP contribution in [0.2, 0.25) is 0 Å². The second-order valence-electron chi connectivity index (χ2n) is 3.70. The number of alkyl halides is 4. The van der Waals surface area contributed by atoms with E-state index in [-0.39, 0.29) is 5.56 Å². The van der Waals surface area contributed by atoms with Crippen LogP contribution in [0.4, 0.5) is 17.6 Å². The minimum absolute atomic E-state index is 0.0297. The zero-order valence-corrected chi connectivity index (χ0v) is 13.1. The van der Waals surface area contributed by atoms with Crippen molar-refractivity contribution < 1.29 is 17.6 Å². The normalized spacial score (nSPS) is 13.6. The number of rotatable bonds is 2. The molecule has 1 heterocycles. The standard InChI is InChI=1S/C12H6Br2F4S/c13-8-4-5-19-11(8)9(14)6-2-1-3-7(10(6)15)12(16,17)18/h1-5,9H. The van der Waals surface area contributed by atoms with Gasteiger partial charge in [0.25, 0.3) is 0 Å². The Labute approximate surface area is 127 Å². The summed E-state index contributed by atoms with van der Waals surface area (Å²) in [6.07, 6.45) is -4.69. The average Bonchev–Trinajstić information content (AvgIpc) is 2.73. The maximum Gasteiger partial charge on any atom is 0.419 e. The van der Waals surface area contributed by atoms with Crippen LogP contribution in [0.3, 0.4) is 0 Å². The molecule has 19 heavy (non-hydrogen) atoms. The Morgan fingerprint density at radius 2 is 1.84 bits per heavy atom. The van der Waals surface area contributed by atoms with Crippen molar-refractivity contribution in [1.82, 2.24) is 0 Å². The molecule has 102 valence electrons. The number of hydrogen-bond acceptors (Lipinski definition) is 1. The lowest BCUT2D eigenvalue weighted by Gasteiger charge is -2.14. The third-order valence-corrected chi connectivity index (χ3v) is 5.67. The lowest BCUT2D eigenvalue weighted by Crippen LogP contribution is -2.10. The average molecular weight is 418 g/mol. The molecule has 0 radical (unpaired) electrons. The summed E-state index contributed by atoms with van der Waals surface area (Å²) >= 11 is 7.86. The fourth-order valence-electron chi connectivity index (χ4n) is 1.59. The van der Waals surface area contributed by atoms with Gasteiger partial charge in [0.05, 0.1) is 10.4 Å². The third-order valence-electron chi connectivity index (χ3n) is 2.48. The first kappa shape index (κ1) is 15.0. The molecule has 0 spiro atoms. The van der Waals surface area contributed by atoms with Gasteiger partial charge in [0, 0.05) is 14.9 Å². The molecule has 0 N–H and O–H groups in total. The van der Waals surface area contributed by atoms with Gasteiger partial charge in [-0.2, -0.15) is 13.2 Å². The van der Waals surface area contributed by atoms with Crippen LogP contribution >= 0.6 is 43.2 Å². The molecule has 0 fully saturated rings. The Kier molecular flexibility index (Phi) is 4.37. The minimum Gasteiger partial charge on any atom is -0.206 e. The summed E-state index contributed by atoms with van der Waals surface area (Å²) < 4.78 is 52.7. The van der Waals surface area contributed by atoms with E-state index >= 15 is 0 Å². The number of hydrogen-bond donors (Lipinski definition) is 0. The monoisotopic (exact) mass is 416 g/mol. The van der Waals surface area contributed by atoms with Gasteiger partial charge in [0.1, 0.15) is 5.82 Å². The molecule has 0 aliphatic carbocycles. The fourth-order valence-corrected chi connectivity index (χ4v) is 4.42. The molecule has 1 atom stereocenters. The van der Waals surface area contributed by atoms with Crippen molar-refractivity contribution >= 4 is 43.2 Å². The maximum atomic E-state index is 14.0. The summed E-state index contributed by atoms with van der Waals surface area (Å²) in [5.74, 6) is -1.24. The van der Waals surface area contributed by atoms with Crippen molar-refractivity contribution in [1.29, 1.82) is 0 Å². The highest BCUT2D eigenvalue weighted by Gasteiger charge is 2.35. The molecule has 0 saturated heterocycles. The molecule has 2 rings (SSSR count). The Bertz CT molecular complexity index is 592. The van der Waals surface area contributed by atoms with Crippen molar-refractivity contribution in [2.45, 2.75) is 11.0 Å². The van der Waals surface area contributed by atoms with Gasteiger partial charge < -0.3 is 0 Å². The quantitative estimate of drug-likeness (QED) is 0.406. The van der Waals surface area contributed by atoms with Crippen molar-refractivity contribution in [2.24, 2.45) is 0 Å². The molecule has 0 saturated carbocycles. The lowest BCUT2D eigenvalue weighted by molar-refractivity contribution is -0.140. The highest BCUT2D eigenvalue weighted by Crippen LogP contribution is 2.42. The van der Waals surface area contributed by atoms with Gasteiger partial charge in [0.15, 0.2) is 0 Å². The van der Waals surface area contributed by atoms with E-state index in [9.17, 15) is 17.6 Å². The molecule has 0 aliphatic heterocycles. The molecule has 0 bridgehead atoms. The molecule has 7 heteroatoms. The second-order valence-corrected chi connectivity index (χ2v) is 6.42. The summed E-state index contributed by atoms with van der Waals surface area (Å²) in [4.78, 5) is 0.0994. The van der Waals surface area contributed by atoms with Crippen LogP contribution < -0.4 is 0 Å². The highest BCUT2D eigenvalue weighted by atomic mass is 79.9. The van der Waals surface area contributed by atoms with Crippen molar-refractivity contribution in [2.75, 3.05) is 0 Å². The summed E-state index contributed by atoms with van der Waals surface area (Å²) in [5, 5.41) is 1.78. The largest absolute Gasteiger partial charge is 0.419 e. The fraction of sp³-hybridized carbons (Fsp3) is 0.167. The Hall–Kier alpha value is -0.400. The first-order chi connectivity index (χ1) is 8.82. The highest BCUT2D eigenvalue weighted by molar-refractivity contribution is 9.11. The first-order valence-corrected chi connectivity index (χ1v) is 7.63. The minimum atomic E-state index is -4.69. The maximum absolute atomic E-state index is 14.0. The number of thiophene rings is 1. The van der Waals surface area contributed by atoms with Crippen molar-refractivity contribution in [3.05, 3.63) is 55.9 Å². The topological polar surface area (TPSA) is 0 Å². The number of benzene rings is 1. The van der Waals surface area contributed by atoms with Gasteiger partial charge in [-0.15, -0.1) is 11.3 Å². The molecule has 1 aromatic heterocycles. The van der Waals surface area contributed by atoms with E-state index in [2.05, 4.69) is 31.9 Å². The van der Waals surface area contributed by atoms with E-state index in [4.69, 9.17) is 0 Å². The van der Waals surface area contributed by atoms with Crippen LogP contribution in [-0.2, 0) is 6.18 Å². The van der Waals surface area contributed by atoms with E-state index < -0.39 is 22.4 Å². The Balaban J connectivity index is 2.50. The zero-order valence-electron chi connectivity index (χ0n) is 9.14. The first-order valence-electron chi connectivity index (χ1n) is 5.05. The predicted octanol–water partition coefficient (Wildman–Crippen LogP) is 6.15. The zero-order chi connectivity index (χ0) is 14.2. The lowest BCUT2D eigenvalue weighted by atomic mass is 10.1. The Morgan fingerprint density at radius 1 is 1.16 bits per heavy atom. The van der Waals surface area contributed by atoms with E-state index in [1.54, 1.807) is 11.4 Å². The van der Waals surface area contributed by atoms with Gasteiger partial charge in [-0.05, 0) is 33.4 Å². The summed E-state index contributed by atoms with van der Waals surface area (Å²) in [6, 6.07) is 5.05. The van der Waals surface area contributed by atoms with Crippen LogP contribution in [0, 0.1) is 5.82 Å². The van der Waals surface area contributed by atoms with E-state index in [0.29, 0.717) is 0 Å². The van der Waals surface area contributed by atoms with E-state index in [1.165, 1.54) is 23.5 Å². The van der Waals surface area contributed by atoms with Crippen LogP contribution in [0.5, 0.6) is 0 Å². The number of halogens is 6. The van der Waals surface area contributed by atoms with Gasteiger partial charge in [-0.25, -0.2) is 4.39 Å². The molecule has 2 aromatic rings. The molecule has 0 amide bonds. The molecule has 0 nitrogen and oxygen atoms in total. The smallest absolute Gasteiger partial charge is 0.206 e. The van der Waals surface area contributed by atoms with Crippen LogP contribution in [0.1, 0.15) is 20.8 Å². The van der Waals surface area contributed by atoms with Crippen LogP contribution in [0.15, 0.2) is 34.1 Å². The molecule has 1 aromatic carbocycles. The van der Waals surface area contributed by atoms with E-state index in [1.807, 2.05) is 0 Å². The van der Waals surface area contributed by atoms with Gasteiger partial charge in [-0.3, -0.25) is 0 Å².